The van der Waals surface area contributed by atoms with Crippen molar-refractivity contribution in [3.05, 3.63) is 72.2 Å². The standard InChI is InChI=1S/C20H17IN2O5S/c1-2-8-22-19(24)18(29-20(22)25)11-13-6-7-17(16(21)10-13)28-12-14-4-3-5-15(9-14)23(26)27/h3-7,9-11H,2,8,12H2,1H3/b18-11+. The van der Waals surface area contributed by atoms with Gasteiger partial charge in [0.1, 0.15) is 12.4 Å². The Balaban J connectivity index is 1.71. The molecule has 0 aliphatic carbocycles. The summed E-state index contributed by atoms with van der Waals surface area (Å²) in [5.41, 5.74) is 1.51. The molecule has 2 aromatic carbocycles. The van der Waals surface area contributed by atoms with Crippen LogP contribution < -0.4 is 4.74 Å². The third-order valence-corrected chi connectivity index (χ3v) is 5.84. The van der Waals surface area contributed by atoms with E-state index in [1.807, 2.05) is 13.0 Å². The van der Waals surface area contributed by atoms with Crippen molar-refractivity contribution in [1.82, 2.24) is 4.90 Å². The smallest absolute Gasteiger partial charge is 0.293 e. The first kappa shape index (κ1) is 21.3. The Hall–Kier alpha value is -2.40. The molecule has 0 aromatic heterocycles. The molecule has 0 unspecified atom stereocenters. The number of thioether (sulfide) groups is 1. The number of nitrogens with zero attached hydrogens (tertiary/aromatic N) is 2. The molecule has 1 aliphatic heterocycles. The largest absolute Gasteiger partial charge is 0.488 e. The molecule has 2 aromatic rings. The molecule has 7 nitrogen and oxygen atoms in total. The van der Waals surface area contributed by atoms with Crippen molar-refractivity contribution in [3.63, 3.8) is 0 Å². The first-order valence-electron chi connectivity index (χ1n) is 8.80. The van der Waals surface area contributed by atoms with Crippen LogP contribution in [0.1, 0.15) is 24.5 Å². The average molecular weight is 524 g/mol. The summed E-state index contributed by atoms with van der Waals surface area (Å²) >= 11 is 3.08. The van der Waals surface area contributed by atoms with Crippen LogP contribution in [-0.4, -0.2) is 27.5 Å². The molecule has 0 bridgehead atoms. The fourth-order valence-corrected chi connectivity index (χ4v) is 4.27. The molecule has 1 heterocycles. The van der Waals surface area contributed by atoms with Crippen LogP contribution in [0.2, 0.25) is 0 Å². The van der Waals surface area contributed by atoms with Crippen molar-refractivity contribution in [1.29, 1.82) is 0 Å². The van der Waals surface area contributed by atoms with Crippen LogP contribution in [0.5, 0.6) is 5.75 Å². The maximum atomic E-state index is 12.3. The third kappa shape index (κ3) is 5.15. The number of carbonyl (C=O) groups excluding carboxylic acids is 2. The van der Waals surface area contributed by atoms with E-state index < -0.39 is 4.92 Å². The maximum Gasteiger partial charge on any atom is 0.293 e. The molecule has 150 valence electrons. The number of amides is 2. The molecule has 0 radical (unpaired) electrons. The van der Waals surface area contributed by atoms with Crippen LogP contribution in [-0.2, 0) is 11.4 Å². The SMILES string of the molecule is CCCN1C(=O)S/C(=C/c2ccc(OCc3cccc([N+](=O)[O-])c3)c(I)c2)C1=O. The van der Waals surface area contributed by atoms with Crippen molar-refractivity contribution in [3.8, 4) is 5.75 Å². The lowest BCUT2D eigenvalue weighted by molar-refractivity contribution is -0.384. The Morgan fingerprint density at radius 2 is 2.03 bits per heavy atom. The van der Waals surface area contributed by atoms with Gasteiger partial charge in [0.25, 0.3) is 16.8 Å². The van der Waals surface area contributed by atoms with Crippen molar-refractivity contribution < 1.29 is 19.2 Å². The zero-order valence-electron chi connectivity index (χ0n) is 15.5. The number of carbonyl (C=O) groups is 2. The highest BCUT2D eigenvalue weighted by molar-refractivity contribution is 14.1. The number of halogens is 1. The lowest BCUT2D eigenvalue weighted by atomic mass is 10.2. The van der Waals surface area contributed by atoms with Gasteiger partial charge in [0.15, 0.2) is 0 Å². The molecular formula is C20H17IN2O5S. The molecule has 1 aliphatic rings. The van der Waals surface area contributed by atoms with Gasteiger partial charge in [0.2, 0.25) is 0 Å². The van der Waals surface area contributed by atoms with E-state index in [0.29, 0.717) is 22.8 Å². The van der Waals surface area contributed by atoms with Crippen molar-refractivity contribution in [2.24, 2.45) is 0 Å². The van der Waals surface area contributed by atoms with Crippen LogP contribution in [0.15, 0.2) is 47.4 Å². The number of rotatable bonds is 7. The van der Waals surface area contributed by atoms with E-state index in [9.17, 15) is 19.7 Å². The fraction of sp³-hybridized carbons (Fsp3) is 0.200. The number of non-ortho nitro benzene ring substituents is 1. The number of imide groups is 1. The Morgan fingerprint density at radius 3 is 2.72 bits per heavy atom. The monoisotopic (exact) mass is 524 g/mol. The fourth-order valence-electron chi connectivity index (χ4n) is 2.71. The maximum absolute atomic E-state index is 12.3. The highest BCUT2D eigenvalue weighted by Gasteiger charge is 2.34. The van der Waals surface area contributed by atoms with Crippen LogP contribution in [0.25, 0.3) is 6.08 Å². The first-order valence-corrected chi connectivity index (χ1v) is 10.7. The summed E-state index contributed by atoms with van der Waals surface area (Å²) in [4.78, 5) is 36.4. The number of nitro benzene ring substituents is 1. The number of benzene rings is 2. The van der Waals surface area contributed by atoms with Gasteiger partial charge in [0, 0.05) is 18.7 Å². The van der Waals surface area contributed by atoms with E-state index >= 15 is 0 Å². The van der Waals surface area contributed by atoms with Crippen LogP contribution in [0.3, 0.4) is 0 Å². The average Bonchev–Trinajstić information content (AvgIpc) is 2.95. The second kappa shape index (κ2) is 9.40. The number of hydrogen-bond donors (Lipinski definition) is 0. The predicted octanol–water partition coefficient (Wildman–Crippen LogP) is 5.22. The number of nitro groups is 1. The van der Waals surface area contributed by atoms with Gasteiger partial charge in [-0.1, -0.05) is 25.1 Å². The normalized spacial score (nSPS) is 15.2. The first-order chi connectivity index (χ1) is 13.9. The minimum atomic E-state index is -0.440. The van der Waals surface area contributed by atoms with Crippen molar-refractivity contribution >= 4 is 57.3 Å². The zero-order valence-corrected chi connectivity index (χ0v) is 18.4. The van der Waals surface area contributed by atoms with Gasteiger partial charge in [-0.15, -0.1) is 0 Å². The van der Waals surface area contributed by atoms with Crippen LogP contribution in [0, 0.1) is 13.7 Å². The van der Waals surface area contributed by atoms with Crippen molar-refractivity contribution in [2.75, 3.05) is 6.54 Å². The Kier molecular flexibility index (Phi) is 6.91. The molecular weight excluding hydrogens is 507 g/mol. The van der Waals surface area contributed by atoms with Crippen LogP contribution in [0.4, 0.5) is 10.5 Å². The summed E-state index contributed by atoms with van der Waals surface area (Å²) in [6.07, 6.45) is 2.42. The summed E-state index contributed by atoms with van der Waals surface area (Å²) in [5.74, 6) is 0.371. The molecule has 9 heteroatoms. The summed E-state index contributed by atoms with van der Waals surface area (Å²) in [6.45, 7) is 2.54. The van der Waals surface area contributed by atoms with Gasteiger partial charge >= 0.3 is 0 Å². The van der Waals surface area contributed by atoms with Gasteiger partial charge in [-0.25, -0.2) is 0 Å². The van der Waals surface area contributed by atoms with Gasteiger partial charge in [0.05, 0.1) is 13.4 Å². The lowest BCUT2D eigenvalue weighted by Gasteiger charge is -2.10. The van der Waals surface area contributed by atoms with Crippen molar-refractivity contribution in [2.45, 2.75) is 20.0 Å². The molecule has 0 saturated carbocycles. The van der Waals surface area contributed by atoms with Crippen LogP contribution >= 0.6 is 34.4 Å². The van der Waals surface area contributed by atoms with E-state index in [4.69, 9.17) is 4.74 Å². The Morgan fingerprint density at radius 1 is 1.24 bits per heavy atom. The minimum Gasteiger partial charge on any atom is -0.488 e. The lowest BCUT2D eigenvalue weighted by Crippen LogP contribution is -2.28. The molecule has 1 saturated heterocycles. The Bertz CT molecular complexity index is 1010. The topological polar surface area (TPSA) is 89.8 Å². The Labute approximate surface area is 185 Å². The van der Waals surface area contributed by atoms with E-state index in [1.54, 1.807) is 30.3 Å². The second-order valence-electron chi connectivity index (χ2n) is 6.24. The molecule has 0 atom stereocenters. The van der Waals surface area contributed by atoms with E-state index in [2.05, 4.69) is 22.6 Å². The minimum absolute atomic E-state index is 0.0214. The van der Waals surface area contributed by atoms with Gasteiger partial charge < -0.3 is 4.74 Å². The van der Waals surface area contributed by atoms with E-state index in [1.165, 1.54) is 17.0 Å². The highest BCUT2D eigenvalue weighted by atomic mass is 127. The zero-order chi connectivity index (χ0) is 21.0. The predicted molar refractivity (Wildman–Crippen MR) is 120 cm³/mol. The summed E-state index contributed by atoms with van der Waals surface area (Å²) < 4.78 is 6.61. The van der Waals surface area contributed by atoms with E-state index in [0.717, 1.165) is 27.3 Å². The quantitative estimate of drug-likeness (QED) is 0.214. The van der Waals surface area contributed by atoms with E-state index in [-0.39, 0.29) is 23.4 Å². The van der Waals surface area contributed by atoms with Gasteiger partial charge in [-0.05, 0) is 70.1 Å². The van der Waals surface area contributed by atoms with Gasteiger partial charge in [-0.3, -0.25) is 24.6 Å². The number of hydrogen-bond acceptors (Lipinski definition) is 6. The molecule has 29 heavy (non-hydrogen) atoms. The molecule has 0 spiro atoms. The molecule has 2 amide bonds. The summed E-state index contributed by atoms with van der Waals surface area (Å²) in [6, 6.07) is 11.7. The summed E-state index contributed by atoms with van der Waals surface area (Å²) in [7, 11) is 0. The molecule has 3 rings (SSSR count). The third-order valence-electron chi connectivity index (χ3n) is 4.09. The molecule has 0 N–H and O–H groups in total. The number of ether oxygens (including phenoxy) is 1. The summed E-state index contributed by atoms with van der Waals surface area (Å²) in [5, 5.41) is 10.6. The molecule has 1 fully saturated rings. The second-order valence-corrected chi connectivity index (χ2v) is 8.39. The highest BCUT2D eigenvalue weighted by Crippen LogP contribution is 2.33. The van der Waals surface area contributed by atoms with Gasteiger partial charge in [-0.2, -0.15) is 0 Å².